The zero-order valence-corrected chi connectivity index (χ0v) is 10.3. The van der Waals surface area contributed by atoms with Crippen LogP contribution in [0.3, 0.4) is 0 Å². The number of nitrogens with one attached hydrogen (secondary N) is 1. The lowest BCUT2D eigenvalue weighted by Crippen LogP contribution is -2.08. The molecule has 2 aromatic rings. The Hall–Kier alpha value is -2.43. The second-order valence-electron chi connectivity index (χ2n) is 4.10. The number of amides is 1. The lowest BCUT2D eigenvalue weighted by molar-refractivity contribution is -0.111. The number of carbonyl (C=O) groups is 1. The molecule has 1 aromatic carbocycles. The fourth-order valence-corrected chi connectivity index (χ4v) is 1.48. The average Bonchev–Trinajstić information content (AvgIpc) is 2.82. The molecule has 1 amide bonds. The molecule has 2 rings (SSSR count). The molecule has 0 atom stereocenters. The lowest BCUT2D eigenvalue weighted by Gasteiger charge is -2.04. The zero-order valence-electron chi connectivity index (χ0n) is 10.3. The van der Waals surface area contributed by atoms with Gasteiger partial charge in [0.25, 0.3) is 0 Å². The van der Waals surface area contributed by atoms with Gasteiger partial charge in [-0.1, -0.05) is 5.57 Å². The third-order valence-corrected chi connectivity index (χ3v) is 2.24. The van der Waals surface area contributed by atoms with Crippen LogP contribution in [-0.4, -0.2) is 20.7 Å². The number of benzene rings is 1. The van der Waals surface area contributed by atoms with Crippen LogP contribution in [0.4, 0.5) is 5.69 Å². The number of carbonyl (C=O) groups excluding carboxylic acids is 1. The number of anilines is 1. The van der Waals surface area contributed by atoms with Gasteiger partial charge in [0.05, 0.1) is 5.69 Å². The Labute approximate surface area is 105 Å². The molecule has 1 aromatic heterocycles. The first-order chi connectivity index (χ1) is 8.65. The highest BCUT2D eigenvalue weighted by atomic mass is 16.1. The summed E-state index contributed by atoms with van der Waals surface area (Å²) in [6.07, 6.45) is 4.66. The van der Waals surface area contributed by atoms with Crippen LogP contribution in [0.5, 0.6) is 0 Å². The zero-order chi connectivity index (χ0) is 13.0. The van der Waals surface area contributed by atoms with E-state index < -0.39 is 0 Å². The van der Waals surface area contributed by atoms with Crippen molar-refractivity contribution in [2.45, 2.75) is 13.8 Å². The Morgan fingerprint density at radius 1 is 1.28 bits per heavy atom. The van der Waals surface area contributed by atoms with Crippen LogP contribution in [0.1, 0.15) is 13.8 Å². The van der Waals surface area contributed by atoms with Gasteiger partial charge in [-0.2, -0.15) is 5.10 Å². The highest BCUT2D eigenvalue weighted by molar-refractivity contribution is 5.99. The SMILES string of the molecule is CC(C)=CC(=O)Nc1ccc(-n2cncn2)cc1. The second-order valence-corrected chi connectivity index (χ2v) is 4.10. The minimum absolute atomic E-state index is 0.122. The quantitative estimate of drug-likeness (QED) is 0.839. The Kier molecular flexibility index (Phi) is 3.52. The summed E-state index contributed by atoms with van der Waals surface area (Å²) in [5.74, 6) is -0.122. The van der Waals surface area contributed by atoms with E-state index in [2.05, 4.69) is 15.4 Å². The molecule has 0 radical (unpaired) electrons. The van der Waals surface area contributed by atoms with Crippen molar-refractivity contribution in [3.63, 3.8) is 0 Å². The highest BCUT2D eigenvalue weighted by Gasteiger charge is 2.00. The molecule has 18 heavy (non-hydrogen) atoms. The molecule has 1 heterocycles. The minimum Gasteiger partial charge on any atom is -0.323 e. The molecular weight excluding hydrogens is 228 g/mol. The van der Waals surface area contributed by atoms with Crippen LogP contribution in [0.15, 0.2) is 48.6 Å². The molecular formula is C13H14N4O. The van der Waals surface area contributed by atoms with E-state index in [1.54, 1.807) is 17.1 Å². The molecule has 0 unspecified atom stereocenters. The molecule has 0 aliphatic heterocycles. The predicted molar refractivity (Wildman–Crippen MR) is 69.4 cm³/mol. The largest absolute Gasteiger partial charge is 0.323 e. The van der Waals surface area contributed by atoms with Gasteiger partial charge in [-0.15, -0.1) is 0 Å². The van der Waals surface area contributed by atoms with Crippen molar-refractivity contribution >= 4 is 11.6 Å². The fourth-order valence-electron chi connectivity index (χ4n) is 1.48. The van der Waals surface area contributed by atoms with Gasteiger partial charge in [-0.05, 0) is 38.1 Å². The summed E-state index contributed by atoms with van der Waals surface area (Å²) in [6, 6.07) is 7.39. The number of hydrogen-bond acceptors (Lipinski definition) is 3. The molecule has 5 nitrogen and oxygen atoms in total. The van der Waals surface area contributed by atoms with E-state index in [0.717, 1.165) is 16.9 Å². The fraction of sp³-hybridized carbons (Fsp3) is 0.154. The van der Waals surface area contributed by atoms with Crippen molar-refractivity contribution < 1.29 is 4.79 Å². The summed E-state index contributed by atoms with van der Waals surface area (Å²) < 4.78 is 1.65. The van der Waals surface area contributed by atoms with E-state index in [0.29, 0.717) is 0 Å². The van der Waals surface area contributed by atoms with E-state index in [4.69, 9.17) is 0 Å². The van der Waals surface area contributed by atoms with Crippen molar-refractivity contribution in [1.82, 2.24) is 14.8 Å². The normalized spacial score (nSPS) is 9.89. The first kappa shape index (κ1) is 12.0. The van der Waals surface area contributed by atoms with Gasteiger partial charge < -0.3 is 5.32 Å². The van der Waals surface area contributed by atoms with Gasteiger partial charge in [0.1, 0.15) is 12.7 Å². The van der Waals surface area contributed by atoms with Crippen molar-refractivity contribution in [3.8, 4) is 5.69 Å². The topological polar surface area (TPSA) is 59.8 Å². The van der Waals surface area contributed by atoms with Crippen molar-refractivity contribution in [2.75, 3.05) is 5.32 Å². The Bertz CT molecular complexity index is 551. The molecule has 92 valence electrons. The van der Waals surface area contributed by atoms with E-state index in [1.807, 2.05) is 38.1 Å². The van der Waals surface area contributed by atoms with Crippen LogP contribution in [0.2, 0.25) is 0 Å². The first-order valence-electron chi connectivity index (χ1n) is 5.56. The van der Waals surface area contributed by atoms with E-state index in [1.165, 1.54) is 6.33 Å². The Morgan fingerprint density at radius 2 is 2.00 bits per heavy atom. The summed E-state index contributed by atoms with van der Waals surface area (Å²) in [7, 11) is 0. The van der Waals surface area contributed by atoms with Gasteiger partial charge in [-0.3, -0.25) is 4.79 Å². The predicted octanol–water partition coefficient (Wildman–Crippen LogP) is 2.17. The van der Waals surface area contributed by atoms with E-state index in [-0.39, 0.29) is 5.91 Å². The van der Waals surface area contributed by atoms with Gasteiger partial charge >= 0.3 is 0 Å². The molecule has 0 bridgehead atoms. The number of allylic oxidation sites excluding steroid dienone is 1. The van der Waals surface area contributed by atoms with E-state index in [9.17, 15) is 4.79 Å². The molecule has 1 N–H and O–H groups in total. The minimum atomic E-state index is -0.122. The second kappa shape index (κ2) is 5.27. The van der Waals surface area contributed by atoms with Crippen LogP contribution >= 0.6 is 0 Å². The van der Waals surface area contributed by atoms with E-state index >= 15 is 0 Å². The molecule has 0 aliphatic rings. The van der Waals surface area contributed by atoms with Crippen LogP contribution < -0.4 is 5.32 Å². The van der Waals surface area contributed by atoms with Gasteiger partial charge in [0.2, 0.25) is 5.91 Å². The van der Waals surface area contributed by atoms with Crippen LogP contribution in [0, 0.1) is 0 Å². The smallest absolute Gasteiger partial charge is 0.248 e. The lowest BCUT2D eigenvalue weighted by atomic mass is 10.2. The summed E-state index contributed by atoms with van der Waals surface area (Å²) in [6.45, 7) is 3.76. The van der Waals surface area contributed by atoms with Crippen molar-refractivity contribution in [1.29, 1.82) is 0 Å². The molecule has 0 spiro atoms. The number of rotatable bonds is 3. The maximum Gasteiger partial charge on any atom is 0.248 e. The van der Waals surface area contributed by atoms with Gasteiger partial charge in [0, 0.05) is 11.8 Å². The first-order valence-corrected chi connectivity index (χ1v) is 5.56. The van der Waals surface area contributed by atoms with Gasteiger partial charge in [0.15, 0.2) is 0 Å². The third-order valence-electron chi connectivity index (χ3n) is 2.24. The Balaban J connectivity index is 2.09. The summed E-state index contributed by atoms with van der Waals surface area (Å²) in [4.78, 5) is 15.4. The number of nitrogens with zero attached hydrogens (tertiary/aromatic N) is 3. The summed E-state index contributed by atoms with van der Waals surface area (Å²) >= 11 is 0. The highest BCUT2D eigenvalue weighted by Crippen LogP contribution is 2.12. The number of hydrogen-bond donors (Lipinski definition) is 1. The third kappa shape index (κ3) is 3.04. The standard InChI is InChI=1S/C13H14N4O/c1-10(2)7-13(18)16-11-3-5-12(6-4-11)17-9-14-8-15-17/h3-9H,1-2H3,(H,16,18). The summed E-state index contributed by atoms with van der Waals surface area (Å²) in [5.41, 5.74) is 2.61. The van der Waals surface area contributed by atoms with Crippen molar-refractivity contribution in [3.05, 3.63) is 48.6 Å². The average molecular weight is 242 g/mol. The maximum absolute atomic E-state index is 11.5. The monoisotopic (exact) mass is 242 g/mol. The molecule has 5 heteroatoms. The molecule has 0 saturated heterocycles. The molecule has 0 fully saturated rings. The van der Waals surface area contributed by atoms with Gasteiger partial charge in [-0.25, -0.2) is 9.67 Å². The van der Waals surface area contributed by atoms with Crippen LogP contribution in [0.25, 0.3) is 5.69 Å². The van der Waals surface area contributed by atoms with Crippen LogP contribution in [-0.2, 0) is 4.79 Å². The maximum atomic E-state index is 11.5. The molecule has 0 saturated carbocycles. The molecule has 0 aliphatic carbocycles. The number of aromatic nitrogens is 3. The Morgan fingerprint density at radius 3 is 2.56 bits per heavy atom. The summed E-state index contributed by atoms with van der Waals surface area (Å²) in [5, 5.41) is 6.81. The van der Waals surface area contributed by atoms with Crippen molar-refractivity contribution in [2.24, 2.45) is 0 Å².